The van der Waals surface area contributed by atoms with Gasteiger partial charge in [-0.25, -0.2) is 9.97 Å². The van der Waals surface area contributed by atoms with Crippen molar-refractivity contribution in [1.29, 1.82) is 0 Å². The molecular formula is C21H28N6S. The van der Waals surface area contributed by atoms with Gasteiger partial charge >= 0.3 is 0 Å². The first kappa shape index (κ1) is 19.1. The van der Waals surface area contributed by atoms with Gasteiger partial charge in [-0.1, -0.05) is 18.7 Å². The number of hydrogen-bond donors (Lipinski definition) is 3. The minimum atomic E-state index is 0.203. The van der Waals surface area contributed by atoms with Gasteiger partial charge in [0.05, 0.1) is 10.6 Å². The minimum absolute atomic E-state index is 0.203. The Morgan fingerprint density at radius 2 is 1.93 bits per heavy atom. The quantitative estimate of drug-likeness (QED) is 0.678. The van der Waals surface area contributed by atoms with Crippen LogP contribution in [0.25, 0.3) is 4.91 Å². The predicted molar refractivity (Wildman–Crippen MR) is 119 cm³/mol. The highest BCUT2D eigenvalue weighted by atomic mass is 32.2. The molecule has 7 heteroatoms. The van der Waals surface area contributed by atoms with E-state index < -0.39 is 0 Å². The molecule has 0 amide bonds. The van der Waals surface area contributed by atoms with Crippen LogP contribution in [-0.2, 0) is 0 Å². The van der Waals surface area contributed by atoms with E-state index in [4.69, 9.17) is 4.98 Å². The van der Waals surface area contributed by atoms with Gasteiger partial charge in [0.15, 0.2) is 0 Å². The van der Waals surface area contributed by atoms with Crippen molar-refractivity contribution in [3.05, 3.63) is 47.9 Å². The molecule has 1 aromatic heterocycles. The van der Waals surface area contributed by atoms with E-state index in [1.807, 2.05) is 12.3 Å². The van der Waals surface area contributed by atoms with Crippen LogP contribution in [0.5, 0.6) is 0 Å². The molecular weight excluding hydrogens is 368 g/mol. The maximum atomic E-state index is 4.73. The highest BCUT2D eigenvalue weighted by Crippen LogP contribution is 2.36. The second-order valence-corrected chi connectivity index (χ2v) is 8.25. The van der Waals surface area contributed by atoms with Crippen molar-refractivity contribution in [2.45, 2.75) is 38.6 Å². The second-order valence-electron chi connectivity index (χ2n) is 7.14. The van der Waals surface area contributed by atoms with Crippen LogP contribution in [0.4, 0.5) is 17.3 Å². The molecule has 28 heavy (non-hydrogen) atoms. The van der Waals surface area contributed by atoms with Crippen LogP contribution in [0.2, 0.25) is 0 Å². The van der Waals surface area contributed by atoms with Crippen LogP contribution in [-0.4, -0.2) is 35.1 Å². The molecule has 2 aromatic rings. The molecule has 1 fully saturated rings. The lowest BCUT2D eigenvalue weighted by molar-refractivity contribution is 0.578. The van der Waals surface area contributed by atoms with Gasteiger partial charge in [-0.2, -0.15) is 0 Å². The minimum Gasteiger partial charge on any atom is -0.372 e. The fourth-order valence-electron chi connectivity index (χ4n) is 3.61. The Hall–Kier alpha value is -2.25. The van der Waals surface area contributed by atoms with E-state index in [0.29, 0.717) is 5.95 Å². The molecule has 1 saturated heterocycles. The fourth-order valence-corrected chi connectivity index (χ4v) is 4.80. The van der Waals surface area contributed by atoms with Crippen molar-refractivity contribution in [1.82, 2.24) is 20.6 Å². The molecule has 2 aliphatic heterocycles. The van der Waals surface area contributed by atoms with Crippen LogP contribution in [0.15, 0.2) is 42.2 Å². The third-order valence-corrected chi connectivity index (χ3v) is 6.32. The zero-order valence-corrected chi connectivity index (χ0v) is 17.4. The van der Waals surface area contributed by atoms with Crippen LogP contribution in [0.1, 0.15) is 38.8 Å². The number of allylic oxidation sites excluding steroid dienone is 1. The average Bonchev–Trinajstić information content (AvgIpc) is 3.10. The number of hydrogen-bond acceptors (Lipinski definition) is 7. The van der Waals surface area contributed by atoms with Crippen molar-refractivity contribution in [2.75, 3.05) is 29.9 Å². The summed E-state index contributed by atoms with van der Waals surface area (Å²) < 4.78 is 0. The maximum Gasteiger partial charge on any atom is 0.227 e. The summed E-state index contributed by atoms with van der Waals surface area (Å²) in [5.74, 6) is 0.621. The van der Waals surface area contributed by atoms with Crippen molar-refractivity contribution < 1.29 is 0 Å². The number of rotatable bonds is 6. The van der Waals surface area contributed by atoms with Gasteiger partial charge in [-0.05, 0) is 63.1 Å². The molecule has 1 atom stereocenters. The molecule has 0 saturated carbocycles. The van der Waals surface area contributed by atoms with Crippen LogP contribution >= 0.6 is 11.8 Å². The average molecular weight is 397 g/mol. The first-order valence-electron chi connectivity index (χ1n) is 10.1. The maximum absolute atomic E-state index is 4.73. The second kappa shape index (κ2) is 8.84. The van der Waals surface area contributed by atoms with Gasteiger partial charge < -0.3 is 15.5 Å². The Bertz CT molecular complexity index is 829. The smallest absolute Gasteiger partial charge is 0.227 e. The highest BCUT2D eigenvalue weighted by molar-refractivity contribution is 8.09. The number of benzene rings is 1. The molecule has 3 heterocycles. The van der Waals surface area contributed by atoms with Crippen LogP contribution in [0.3, 0.4) is 0 Å². The first-order valence-corrected chi connectivity index (χ1v) is 10.9. The molecule has 1 aromatic carbocycles. The third kappa shape index (κ3) is 4.42. The van der Waals surface area contributed by atoms with E-state index in [0.717, 1.165) is 41.6 Å². The van der Waals surface area contributed by atoms with Crippen molar-refractivity contribution >= 4 is 34.0 Å². The topological polar surface area (TPSA) is 65.1 Å². The molecule has 0 spiro atoms. The Labute approximate surface area is 171 Å². The van der Waals surface area contributed by atoms with E-state index in [1.165, 1.54) is 24.9 Å². The Morgan fingerprint density at radius 1 is 1.14 bits per heavy atom. The molecule has 3 N–H and O–H groups in total. The van der Waals surface area contributed by atoms with Crippen molar-refractivity contribution in [3.63, 3.8) is 0 Å². The Kier molecular flexibility index (Phi) is 6.02. The number of piperidine rings is 1. The van der Waals surface area contributed by atoms with Gasteiger partial charge in [0.2, 0.25) is 5.95 Å². The van der Waals surface area contributed by atoms with Gasteiger partial charge in [-0.3, -0.25) is 5.32 Å². The van der Waals surface area contributed by atoms with E-state index in [-0.39, 0.29) is 5.50 Å². The molecule has 0 bridgehead atoms. The van der Waals surface area contributed by atoms with Crippen LogP contribution < -0.4 is 20.9 Å². The summed E-state index contributed by atoms with van der Waals surface area (Å²) in [6.45, 7) is 7.44. The lowest BCUT2D eigenvalue weighted by atomic mass is 10.1. The number of nitrogens with zero attached hydrogens (tertiary/aromatic N) is 3. The third-order valence-electron chi connectivity index (χ3n) is 5.05. The fraction of sp³-hybridized carbons (Fsp3) is 0.429. The van der Waals surface area contributed by atoms with Crippen molar-refractivity contribution in [2.24, 2.45) is 0 Å². The summed E-state index contributed by atoms with van der Waals surface area (Å²) in [6, 6.07) is 10.5. The van der Waals surface area contributed by atoms with Gasteiger partial charge in [0.25, 0.3) is 0 Å². The number of aromatic nitrogens is 2. The first-order chi connectivity index (χ1) is 13.7. The van der Waals surface area contributed by atoms with Gasteiger partial charge in [-0.15, -0.1) is 0 Å². The molecule has 0 aliphatic carbocycles. The highest BCUT2D eigenvalue weighted by Gasteiger charge is 2.23. The van der Waals surface area contributed by atoms with E-state index in [2.05, 4.69) is 63.9 Å². The predicted octanol–water partition coefficient (Wildman–Crippen LogP) is 4.13. The number of nitrogens with one attached hydrogen (secondary N) is 3. The Morgan fingerprint density at radius 3 is 2.68 bits per heavy atom. The zero-order chi connectivity index (χ0) is 19.3. The number of thioether (sulfide) groups is 1. The molecule has 6 nitrogen and oxygen atoms in total. The SMILES string of the molecule is CCNC1NC(C)=C(c2ccnc(Nc3ccc(N4CCCCC4)cc3)n2)S1. The lowest BCUT2D eigenvalue weighted by Gasteiger charge is -2.28. The standard InChI is InChI=1S/C21H28N6S/c1-3-22-21-24-15(2)19(28-21)18-11-12-23-20(26-18)25-16-7-9-17(10-8-16)27-13-5-4-6-14-27/h7-12,21-22,24H,3-6,13-14H2,1-2H3,(H,23,25,26). The van der Waals surface area contributed by atoms with E-state index in [1.54, 1.807) is 11.8 Å². The zero-order valence-electron chi connectivity index (χ0n) is 16.5. The van der Waals surface area contributed by atoms with E-state index in [9.17, 15) is 0 Å². The Balaban J connectivity index is 1.44. The molecule has 1 unspecified atom stereocenters. The summed E-state index contributed by atoms with van der Waals surface area (Å²) in [5, 5.41) is 10.2. The van der Waals surface area contributed by atoms with Gasteiger partial charge in [0.1, 0.15) is 5.50 Å². The summed E-state index contributed by atoms with van der Waals surface area (Å²) in [5.41, 5.74) is 4.59. The van der Waals surface area contributed by atoms with Crippen LogP contribution in [0, 0.1) is 0 Å². The lowest BCUT2D eigenvalue weighted by Crippen LogP contribution is -2.34. The molecule has 4 rings (SSSR count). The summed E-state index contributed by atoms with van der Waals surface area (Å²) >= 11 is 1.76. The molecule has 148 valence electrons. The normalized spacial score (nSPS) is 19.6. The summed E-state index contributed by atoms with van der Waals surface area (Å²) in [7, 11) is 0. The summed E-state index contributed by atoms with van der Waals surface area (Å²) in [6.07, 6.45) is 5.74. The monoisotopic (exact) mass is 396 g/mol. The number of anilines is 3. The van der Waals surface area contributed by atoms with Gasteiger partial charge in [0, 0.05) is 36.4 Å². The summed E-state index contributed by atoms with van der Waals surface area (Å²) in [4.78, 5) is 12.8. The van der Waals surface area contributed by atoms with E-state index >= 15 is 0 Å². The molecule has 2 aliphatic rings. The molecule has 0 radical (unpaired) electrons. The largest absolute Gasteiger partial charge is 0.372 e. The van der Waals surface area contributed by atoms with Crippen molar-refractivity contribution in [3.8, 4) is 0 Å².